The molecule has 3 rings (SSSR count). The van der Waals surface area contributed by atoms with Crippen molar-refractivity contribution in [3.05, 3.63) is 35.4 Å². The lowest BCUT2D eigenvalue weighted by Crippen LogP contribution is -2.62. The number of piperidine rings is 2. The standard InChI is InChI=1S/C23H39N5/c1-20-8-10-21(11-9-20)18-27(4)22(24-2)25-19-23(12-16-26(3)17-13-23)28-14-6-5-7-15-28/h8-11H,5-7,12-19H2,1-4H3,(H,24,25). The molecule has 0 aliphatic carbocycles. The highest BCUT2D eigenvalue weighted by Gasteiger charge is 2.39. The largest absolute Gasteiger partial charge is 0.354 e. The zero-order chi connectivity index (χ0) is 20.0. The normalized spacial score (nSPS) is 21.5. The van der Waals surface area contributed by atoms with Crippen LogP contribution in [0.3, 0.4) is 0 Å². The molecule has 2 aliphatic rings. The predicted octanol–water partition coefficient (Wildman–Crippen LogP) is 2.95. The molecule has 2 aliphatic heterocycles. The first kappa shape index (κ1) is 21.1. The van der Waals surface area contributed by atoms with Crippen LogP contribution in [0.2, 0.25) is 0 Å². The molecule has 2 fully saturated rings. The second-order valence-electron chi connectivity index (χ2n) is 8.82. The van der Waals surface area contributed by atoms with E-state index >= 15 is 0 Å². The van der Waals surface area contributed by atoms with Gasteiger partial charge in [0.1, 0.15) is 0 Å². The highest BCUT2D eigenvalue weighted by molar-refractivity contribution is 5.79. The van der Waals surface area contributed by atoms with Gasteiger partial charge in [0.05, 0.1) is 0 Å². The van der Waals surface area contributed by atoms with E-state index in [9.17, 15) is 0 Å². The Kier molecular flexibility index (Phi) is 7.36. The average Bonchev–Trinajstić information content (AvgIpc) is 2.72. The van der Waals surface area contributed by atoms with Crippen LogP contribution in [0.15, 0.2) is 29.3 Å². The summed E-state index contributed by atoms with van der Waals surface area (Å²) in [4.78, 5) is 12.1. The first-order valence-electron chi connectivity index (χ1n) is 10.9. The maximum Gasteiger partial charge on any atom is 0.193 e. The molecule has 0 saturated carbocycles. The van der Waals surface area contributed by atoms with E-state index in [1.54, 1.807) is 0 Å². The van der Waals surface area contributed by atoms with Gasteiger partial charge in [0.15, 0.2) is 5.96 Å². The molecule has 28 heavy (non-hydrogen) atoms. The van der Waals surface area contributed by atoms with Gasteiger partial charge in [-0.1, -0.05) is 36.2 Å². The quantitative estimate of drug-likeness (QED) is 0.624. The molecule has 1 aromatic carbocycles. The van der Waals surface area contributed by atoms with E-state index < -0.39 is 0 Å². The lowest BCUT2D eigenvalue weighted by molar-refractivity contribution is 0.0170. The summed E-state index contributed by atoms with van der Waals surface area (Å²) >= 11 is 0. The topological polar surface area (TPSA) is 34.1 Å². The zero-order valence-corrected chi connectivity index (χ0v) is 18.4. The van der Waals surface area contributed by atoms with Crippen LogP contribution in [-0.4, -0.2) is 80.1 Å². The van der Waals surface area contributed by atoms with Gasteiger partial charge in [0.2, 0.25) is 0 Å². The van der Waals surface area contributed by atoms with Crippen molar-refractivity contribution in [2.24, 2.45) is 4.99 Å². The summed E-state index contributed by atoms with van der Waals surface area (Å²) in [5.74, 6) is 0.996. The van der Waals surface area contributed by atoms with E-state index in [0.717, 1.165) is 19.0 Å². The third kappa shape index (κ3) is 5.26. The Balaban J connectivity index is 1.64. The number of aliphatic imine (C=N–C) groups is 1. The third-order valence-corrected chi connectivity index (χ3v) is 6.63. The molecule has 0 aromatic heterocycles. The van der Waals surface area contributed by atoms with Crippen molar-refractivity contribution < 1.29 is 0 Å². The minimum Gasteiger partial charge on any atom is -0.354 e. The highest BCUT2D eigenvalue weighted by atomic mass is 15.3. The fraction of sp³-hybridized carbons (Fsp3) is 0.696. The zero-order valence-electron chi connectivity index (χ0n) is 18.4. The Morgan fingerprint density at radius 1 is 1.07 bits per heavy atom. The smallest absolute Gasteiger partial charge is 0.193 e. The number of hydrogen-bond donors (Lipinski definition) is 1. The van der Waals surface area contributed by atoms with Crippen molar-refractivity contribution >= 4 is 5.96 Å². The maximum absolute atomic E-state index is 4.58. The van der Waals surface area contributed by atoms with Gasteiger partial charge in [-0.2, -0.15) is 0 Å². The van der Waals surface area contributed by atoms with Crippen molar-refractivity contribution in [3.63, 3.8) is 0 Å². The van der Waals surface area contributed by atoms with Gasteiger partial charge in [-0.25, -0.2) is 0 Å². The van der Waals surface area contributed by atoms with Gasteiger partial charge in [0, 0.05) is 32.7 Å². The van der Waals surface area contributed by atoms with Crippen LogP contribution in [0.5, 0.6) is 0 Å². The molecular weight excluding hydrogens is 346 g/mol. The van der Waals surface area contributed by atoms with E-state index in [1.165, 1.54) is 69.4 Å². The van der Waals surface area contributed by atoms with Crippen molar-refractivity contribution in [1.29, 1.82) is 0 Å². The number of benzene rings is 1. The average molecular weight is 386 g/mol. The Hall–Kier alpha value is -1.59. The first-order valence-corrected chi connectivity index (χ1v) is 10.9. The predicted molar refractivity (Wildman–Crippen MR) is 119 cm³/mol. The van der Waals surface area contributed by atoms with Gasteiger partial charge in [-0.15, -0.1) is 0 Å². The summed E-state index contributed by atoms with van der Waals surface area (Å²) in [6.45, 7) is 8.89. The third-order valence-electron chi connectivity index (χ3n) is 6.63. The minimum atomic E-state index is 0.271. The summed E-state index contributed by atoms with van der Waals surface area (Å²) in [6.07, 6.45) is 6.57. The second-order valence-corrected chi connectivity index (χ2v) is 8.82. The molecule has 5 nitrogen and oxygen atoms in total. The summed E-state index contributed by atoms with van der Waals surface area (Å²) in [6, 6.07) is 8.79. The first-order chi connectivity index (χ1) is 13.5. The second kappa shape index (κ2) is 9.75. The van der Waals surface area contributed by atoms with E-state index in [-0.39, 0.29) is 5.54 Å². The molecule has 0 unspecified atom stereocenters. The summed E-state index contributed by atoms with van der Waals surface area (Å²) in [5, 5.41) is 3.74. The summed E-state index contributed by atoms with van der Waals surface area (Å²) in [7, 11) is 6.29. The molecule has 5 heteroatoms. The summed E-state index contributed by atoms with van der Waals surface area (Å²) in [5.41, 5.74) is 2.90. The van der Waals surface area contributed by atoms with Crippen LogP contribution in [0.25, 0.3) is 0 Å². The number of guanidine groups is 1. The monoisotopic (exact) mass is 385 g/mol. The molecular formula is C23H39N5. The van der Waals surface area contributed by atoms with E-state index in [0.29, 0.717) is 0 Å². The number of likely N-dealkylation sites (tertiary alicyclic amines) is 2. The number of rotatable bonds is 5. The fourth-order valence-corrected chi connectivity index (χ4v) is 4.68. The van der Waals surface area contributed by atoms with Crippen LogP contribution in [0.4, 0.5) is 0 Å². The molecule has 1 aromatic rings. The van der Waals surface area contributed by atoms with Crippen molar-refractivity contribution in [1.82, 2.24) is 20.0 Å². The van der Waals surface area contributed by atoms with Crippen LogP contribution in [0, 0.1) is 6.92 Å². The Labute approximate surface area is 171 Å². The van der Waals surface area contributed by atoms with Crippen molar-refractivity contribution in [3.8, 4) is 0 Å². The molecule has 1 N–H and O–H groups in total. The SMILES string of the molecule is CN=C(NCC1(N2CCCCC2)CCN(C)CC1)N(C)Cc1ccc(C)cc1. The molecule has 0 amide bonds. The lowest BCUT2D eigenvalue weighted by Gasteiger charge is -2.50. The number of aryl methyl sites for hydroxylation is 1. The lowest BCUT2D eigenvalue weighted by atomic mass is 9.84. The van der Waals surface area contributed by atoms with Crippen LogP contribution in [0.1, 0.15) is 43.2 Å². The van der Waals surface area contributed by atoms with Gasteiger partial charge in [-0.05, 0) is 71.4 Å². The van der Waals surface area contributed by atoms with Gasteiger partial charge in [-0.3, -0.25) is 9.89 Å². The van der Waals surface area contributed by atoms with E-state index in [2.05, 4.69) is 70.3 Å². The Morgan fingerprint density at radius 3 is 2.32 bits per heavy atom. The van der Waals surface area contributed by atoms with Gasteiger partial charge >= 0.3 is 0 Å². The molecule has 2 saturated heterocycles. The Morgan fingerprint density at radius 2 is 1.71 bits per heavy atom. The van der Waals surface area contributed by atoms with Crippen LogP contribution < -0.4 is 5.32 Å². The molecule has 156 valence electrons. The highest BCUT2D eigenvalue weighted by Crippen LogP contribution is 2.31. The van der Waals surface area contributed by atoms with Crippen LogP contribution >= 0.6 is 0 Å². The minimum absolute atomic E-state index is 0.271. The fourth-order valence-electron chi connectivity index (χ4n) is 4.68. The number of nitrogens with one attached hydrogen (secondary N) is 1. The molecule has 0 bridgehead atoms. The maximum atomic E-state index is 4.58. The van der Waals surface area contributed by atoms with Gasteiger partial charge < -0.3 is 15.1 Å². The van der Waals surface area contributed by atoms with Crippen molar-refractivity contribution in [2.45, 2.75) is 51.1 Å². The van der Waals surface area contributed by atoms with E-state index in [4.69, 9.17) is 0 Å². The van der Waals surface area contributed by atoms with E-state index in [1.807, 2.05) is 7.05 Å². The van der Waals surface area contributed by atoms with Crippen LogP contribution in [-0.2, 0) is 6.54 Å². The molecule has 2 heterocycles. The molecule has 0 atom stereocenters. The number of hydrogen-bond acceptors (Lipinski definition) is 3. The molecule has 0 spiro atoms. The van der Waals surface area contributed by atoms with Crippen molar-refractivity contribution in [2.75, 3.05) is 53.9 Å². The summed E-state index contributed by atoms with van der Waals surface area (Å²) < 4.78 is 0. The molecule has 0 radical (unpaired) electrons. The Bertz CT molecular complexity index is 625. The number of nitrogens with zero attached hydrogens (tertiary/aromatic N) is 4. The van der Waals surface area contributed by atoms with Gasteiger partial charge in [0.25, 0.3) is 0 Å².